The molecule has 0 aromatic carbocycles. The fourth-order valence-corrected chi connectivity index (χ4v) is 2.08. The summed E-state index contributed by atoms with van der Waals surface area (Å²) in [5.41, 5.74) is -0.0200. The predicted molar refractivity (Wildman–Crippen MR) is 54.2 cm³/mol. The maximum Gasteiger partial charge on any atom is 0.411 e. The van der Waals surface area contributed by atoms with Crippen LogP contribution < -0.4 is 5.32 Å². The summed E-state index contributed by atoms with van der Waals surface area (Å²) in [6.07, 6.45) is 1.31. The zero-order valence-electron chi connectivity index (χ0n) is 9.28. The van der Waals surface area contributed by atoms with Crippen molar-refractivity contribution in [3.05, 3.63) is 0 Å². The van der Waals surface area contributed by atoms with Crippen LogP contribution in [0.4, 0.5) is 13.2 Å². The molecule has 0 aromatic heterocycles. The molecule has 0 heterocycles. The van der Waals surface area contributed by atoms with Crippen molar-refractivity contribution in [3.8, 4) is 0 Å². The van der Waals surface area contributed by atoms with Gasteiger partial charge in [0, 0.05) is 18.0 Å². The van der Waals surface area contributed by atoms with E-state index in [2.05, 4.69) is 5.32 Å². The van der Waals surface area contributed by atoms with Gasteiger partial charge >= 0.3 is 6.18 Å². The number of nitrogens with one attached hydrogen (secondary N) is 1. The van der Waals surface area contributed by atoms with Crippen molar-refractivity contribution in [2.45, 2.75) is 44.3 Å². The molecule has 1 N–H and O–H groups in total. The molecule has 0 unspecified atom stereocenters. The third-order valence-electron chi connectivity index (χ3n) is 3.43. The standard InChI is InChI=1S/C11H18F3NO/c12-11(13,14)8-16-7-10(4-1-5-10)6-15-9-2-3-9/h9,15H,1-8H2. The van der Waals surface area contributed by atoms with Gasteiger partial charge in [0.15, 0.2) is 0 Å². The number of halogens is 3. The Hall–Kier alpha value is -0.290. The normalized spacial score (nSPS) is 24.2. The molecule has 2 saturated carbocycles. The molecule has 2 rings (SSSR count). The molecule has 0 atom stereocenters. The van der Waals surface area contributed by atoms with Gasteiger partial charge in [-0.25, -0.2) is 0 Å². The molecule has 0 radical (unpaired) electrons. The maximum absolute atomic E-state index is 11.9. The van der Waals surface area contributed by atoms with E-state index < -0.39 is 12.8 Å². The summed E-state index contributed by atoms with van der Waals surface area (Å²) in [6.45, 7) is -0.0556. The molecule has 0 bridgehead atoms. The summed E-state index contributed by atoms with van der Waals surface area (Å²) in [5.74, 6) is 0. The molecule has 0 saturated heterocycles. The van der Waals surface area contributed by atoms with Crippen molar-refractivity contribution in [2.75, 3.05) is 19.8 Å². The number of alkyl halides is 3. The minimum Gasteiger partial charge on any atom is -0.371 e. The van der Waals surface area contributed by atoms with Crippen molar-refractivity contribution < 1.29 is 17.9 Å². The van der Waals surface area contributed by atoms with E-state index in [1.54, 1.807) is 0 Å². The first-order valence-corrected chi connectivity index (χ1v) is 5.87. The van der Waals surface area contributed by atoms with E-state index in [1.807, 2.05) is 0 Å². The molecule has 0 amide bonds. The molecule has 5 heteroatoms. The molecule has 0 aromatic rings. The highest BCUT2D eigenvalue weighted by atomic mass is 19.4. The van der Waals surface area contributed by atoms with Crippen LogP contribution in [0.5, 0.6) is 0 Å². The Kier molecular flexibility index (Phi) is 3.45. The average molecular weight is 237 g/mol. The molecule has 16 heavy (non-hydrogen) atoms. The highest BCUT2D eigenvalue weighted by Crippen LogP contribution is 2.41. The topological polar surface area (TPSA) is 21.3 Å². The number of hydrogen-bond donors (Lipinski definition) is 1. The smallest absolute Gasteiger partial charge is 0.371 e. The van der Waals surface area contributed by atoms with Gasteiger partial charge in [-0.1, -0.05) is 6.42 Å². The van der Waals surface area contributed by atoms with E-state index in [-0.39, 0.29) is 12.0 Å². The third-order valence-corrected chi connectivity index (χ3v) is 3.43. The van der Waals surface area contributed by atoms with Crippen molar-refractivity contribution in [2.24, 2.45) is 5.41 Å². The second-order valence-corrected chi connectivity index (χ2v) is 5.12. The van der Waals surface area contributed by atoms with Gasteiger partial charge in [0.2, 0.25) is 0 Å². The molecular weight excluding hydrogens is 219 g/mol. The minimum atomic E-state index is -4.20. The molecule has 2 aliphatic rings. The first-order valence-electron chi connectivity index (χ1n) is 5.87. The fourth-order valence-electron chi connectivity index (χ4n) is 2.08. The number of hydrogen-bond acceptors (Lipinski definition) is 2. The van der Waals surface area contributed by atoms with Crippen molar-refractivity contribution in [3.63, 3.8) is 0 Å². The fraction of sp³-hybridized carbons (Fsp3) is 1.00. The average Bonchev–Trinajstić information content (AvgIpc) is 2.89. The quantitative estimate of drug-likeness (QED) is 0.766. The Morgan fingerprint density at radius 2 is 1.94 bits per heavy atom. The number of ether oxygens (including phenoxy) is 1. The Balaban J connectivity index is 1.67. The van der Waals surface area contributed by atoms with Crippen LogP contribution in [0.1, 0.15) is 32.1 Å². The Bertz CT molecular complexity index is 234. The van der Waals surface area contributed by atoms with Gasteiger partial charge in [-0.15, -0.1) is 0 Å². The second-order valence-electron chi connectivity index (χ2n) is 5.12. The summed E-state index contributed by atoms with van der Waals surface area (Å²) >= 11 is 0. The van der Waals surface area contributed by atoms with E-state index in [4.69, 9.17) is 4.74 Å². The van der Waals surface area contributed by atoms with Crippen LogP contribution in [0.2, 0.25) is 0 Å². The lowest BCUT2D eigenvalue weighted by atomic mass is 9.69. The summed E-state index contributed by atoms with van der Waals surface area (Å²) in [7, 11) is 0. The summed E-state index contributed by atoms with van der Waals surface area (Å²) in [5, 5.41) is 3.39. The molecule has 0 aliphatic heterocycles. The molecule has 2 aliphatic carbocycles. The minimum absolute atomic E-state index is 0.0200. The van der Waals surface area contributed by atoms with Crippen molar-refractivity contribution in [1.29, 1.82) is 0 Å². The van der Waals surface area contributed by atoms with Gasteiger partial charge in [0.1, 0.15) is 6.61 Å². The highest BCUT2D eigenvalue weighted by Gasteiger charge is 2.39. The van der Waals surface area contributed by atoms with Gasteiger partial charge in [-0.05, 0) is 25.7 Å². The first kappa shape index (κ1) is 12.2. The van der Waals surface area contributed by atoms with Gasteiger partial charge in [0.25, 0.3) is 0 Å². The van der Waals surface area contributed by atoms with E-state index in [1.165, 1.54) is 12.8 Å². The molecular formula is C11H18F3NO. The molecule has 0 spiro atoms. The largest absolute Gasteiger partial charge is 0.411 e. The summed E-state index contributed by atoms with van der Waals surface area (Å²) in [6, 6.07) is 0.611. The molecule has 2 fully saturated rings. The molecule has 94 valence electrons. The summed E-state index contributed by atoms with van der Waals surface area (Å²) < 4.78 is 40.6. The van der Waals surface area contributed by atoms with E-state index in [0.29, 0.717) is 6.04 Å². The van der Waals surface area contributed by atoms with Gasteiger partial charge in [-0.3, -0.25) is 0 Å². The van der Waals surface area contributed by atoms with Crippen LogP contribution in [-0.4, -0.2) is 32.0 Å². The second kappa shape index (κ2) is 4.53. The van der Waals surface area contributed by atoms with Crippen LogP contribution in [-0.2, 0) is 4.74 Å². The lowest BCUT2D eigenvalue weighted by Gasteiger charge is -2.42. The first-order chi connectivity index (χ1) is 7.49. The van der Waals surface area contributed by atoms with Crippen LogP contribution in [0.3, 0.4) is 0 Å². The van der Waals surface area contributed by atoms with E-state index >= 15 is 0 Å². The number of rotatable bonds is 6. The zero-order chi connectivity index (χ0) is 11.6. The van der Waals surface area contributed by atoms with E-state index in [9.17, 15) is 13.2 Å². The lowest BCUT2D eigenvalue weighted by molar-refractivity contribution is -0.184. The predicted octanol–water partition coefficient (Wildman–Crippen LogP) is 2.49. The summed E-state index contributed by atoms with van der Waals surface area (Å²) in [4.78, 5) is 0. The SMILES string of the molecule is FC(F)(F)COCC1(CNC2CC2)CCC1. The Morgan fingerprint density at radius 3 is 2.38 bits per heavy atom. The van der Waals surface area contributed by atoms with Gasteiger partial charge in [0.05, 0.1) is 6.61 Å². The van der Waals surface area contributed by atoms with Crippen LogP contribution >= 0.6 is 0 Å². The lowest BCUT2D eigenvalue weighted by Crippen LogP contribution is -2.44. The van der Waals surface area contributed by atoms with Gasteiger partial charge in [-0.2, -0.15) is 13.2 Å². The van der Waals surface area contributed by atoms with E-state index in [0.717, 1.165) is 25.8 Å². The van der Waals surface area contributed by atoms with Crippen molar-refractivity contribution >= 4 is 0 Å². The van der Waals surface area contributed by atoms with Crippen LogP contribution in [0.25, 0.3) is 0 Å². The van der Waals surface area contributed by atoms with Crippen LogP contribution in [0, 0.1) is 5.41 Å². The third kappa shape index (κ3) is 3.63. The van der Waals surface area contributed by atoms with Crippen molar-refractivity contribution in [1.82, 2.24) is 5.32 Å². The maximum atomic E-state index is 11.9. The monoisotopic (exact) mass is 237 g/mol. The Labute approximate surface area is 93.5 Å². The molecule has 2 nitrogen and oxygen atoms in total. The van der Waals surface area contributed by atoms with Crippen LogP contribution in [0.15, 0.2) is 0 Å². The van der Waals surface area contributed by atoms with Gasteiger partial charge < -0.3 is 10.1 Å². The Morgan fingerprint density at radius 1 is 1.25 bits per heavy atom. The highest BCUT2D eigenvalue weighted by molar-refractivity contribution is 4.92. The zero-order valence-corrected chi connectivity index (χ0v) is 9.28.